The van der Waals surface area contributed by atoms with Gasteiger partial charge in [-0.25, -0.2) is 14.5 Å². The molecule has 8 nitrogen and oxygen atoms in total. The van der Waals surface area contributed by atoms with Crippen LogP contribution < -0.4 is 5.32 Å². The summed E-state index contributed by atoms with van der Waals surface area (Å²) >= 11 is 0. The second kappa shape index (κ2) is 6.86. The number of hydrogen-bond donors (Lipinski definition) is 2. The molecule has 1 aliphatic rings. The van der Waals surface area contributed by atoms with Gasteiger partial charge < -0.3 is 10.2 Å². The molecule has 1 atom stereocenters. The zero-order valence-electron chi connectivity index (χ0n) is 15.7. The van der Waals surface area contributed by atoms with Crippen molar-refractivity contribution in [1.82, 2.24) is 29.9 Å². The topological polar surface area (TPSA) is 91.7 Å². The summed E-state index contributed by atoms with van der Waals surface area (Å²) in [6, 6.07) is 9.47. The highest BCUT2D eigenvalue weighted by Crippen LogP contribution is 2.31. The molecule has 140 valence electrons. The van der Waals surface area contributed by atoms with Crippen molar-refractivity contribution in [2.75, 3.05) is 11.9 Å². The lowest BCUT2D eigenvalue weighted by Crippen LogP contribution is -2.35. The van der Waals surface area contributed by atoms with E-state index in [2.05, 4.69) is 25.6 Å². The van der Waals surface area contributed by atoms with Crippen LogP contribution in [0.2, 0.25) is 0 Å². The number of anilines is 1. The number of urea groups is 1. The summed E-state index contributed by atoms with van der Waals surface area (Å²) in [4.78, 5) is 19.2. The first-order valence-electron chi connectivity index (χ1n) is 9.12. The lowest BCUT2D eigenvalue weighted by molar-refractivity contribution is 0.205. The number of nitrogens with zero attached hydrogens (tertiary/aromatic N) is 5. The smallest absolute Gasteiger partial charge is 0.314 e. The van der Waals surface area contributed by atoms with E-state index >= 15 is 0 Å². The van der Waals surface area contributed by atoms with E-state index in [-0.39, 0.29) is 12.1 Å². The molecule has 3 aromatic rings. The molecule has 2 amide bonds. The average Bonchev–Trinajstić information content (AvgIpc) is 3.35. The van der Waals surface area contributed by atoms with Crippen molar-refractivity contribution in [2.45, 2.75) is 39.7 Å². The van der Waals surface area contributed by atoms with E-state index in [4.69, 9.17) is 0 Å². The number of nitrogens with one attached hydrogen (secondary N) is 2. The van der Waals surface area contributed by atoms with E-state index in [1.807, 2.05) is 55.8 Å². The lowest BCUT2D eigenvalue weighted by Gasteiger charge is -2.23. The van der Waals surface area contributed by atoms with Crippen LogP contribution >= 0.6 is 0 Å². The van der Waals surface area contributed by atoms with E-state index in [9.17, 15) is 4.79 Å². The van der Waals surface area contributed by atoms with Gasteiger partial charge in [0.2, 0.25) is 0 Å². The van der Waals surface area contributed by atoms with Crippen molar-refractivity contribution in [2.24, 2.45) is 0 Å². The molecule has 27 heavy (non-hydrogen) atoms. The third kappa shape index (κ3) is 3.30. The monoisotopic (exact) mass is 365 g/mol. The zero-order valence-corrected chi connectivity index (χ0v) is 15.7. The Kier molecular flexibility index (Phi) is 4.39. The van der Waals surface area contributed by atoms with E-state index in [1.54, 1.807) is 4.90 Å². The number of para-hydroxylation sites is 2. The van der Waals surface area contributed by atoms with Crippen molar-refractivity contribution in [1.29, 1.82) is 0 Å². The van der Waals surface area contributed by atoms with E-state index in [0.717, 1.165) is 41.4 Å². The third-order valence-corrected chi connectivity index (χ3v) is 4.81. The molecule has 0 aliphatic carbocycles. The Labute approximate surface area is 157 Å². The number of aromatic nitrogens is 5. The Hall–Kier alpha value is -3.16. The van der Waals surface area contributed by atoms with Gasteiger partial charge in [-0.15, -0.1) is 0 Å². The number of hydrogen-bond acceptors (Lipinski definition) is 4. The highest BCUT2D eigenvalue weighted by molar-refractivity contribution is 5.92. The van der Waals surface area contributed by atoms with Crippen molar-refractivity contribution in [3.8, 4) is 5.69 Å². The summed E-state index contributed by atoms with van der Waals surface area (Å²) in [5, 5.41) is 14.7. The summed E-state index contributed by atoms with van der Waals surface area (Å²) in [7, 11) is 0. The summed E-state index contributed by atoms with van der Waals surface area (Å²) in [6.07, 6.45) is 1.80. The van der Waals surface area contributed by atoms with E-state index in [1.165, 1.54) is 0 Å². The summed E-state index contributed by atoms with van der Waals surface area (Å²) in [5.41, 5.74) is 3.53. The normalized spacial score (nSPS) is 16.7. The number of carbonyl (C=O) groups is 1. The molecular weight excluding hydrogens is 342 g/mol. The predicted molar refractivity (Wildman–Crippen MR) is 102 cm³/mol. The number of H-pyrrole nitrogens is 1. The molecule has 0 radical (unpaired) electrons. The molecule has 1 saturated heterocycles. The Balaban J connectivity index is 1.59. The van der Waals surface area contributed by atoms with Crippen molar-refractivity contribution in [3.63, 3.8) is 0 Å². The maximum atomic E-state index is 13.0. The molecule has 2 aromatic heterocycles. The maximum Gasteiger partial charge on any atom is 0.322 e. The van der Waals surface area contributed by atoms with Crippen LogP contribution in [0, 0.1) is 20.8 Å². The molecule has 1 fully saturated rings. The largest absolute Gasteiger partial charge is 0.322 e. The fraction of sp³-hybridized carbons (Fsp3) is 0.368. The Morgan fingerprint density at radius 1 is 1.26 bits per heavy atom. The summed E-state index contributed by atoms with van der Waals surface area (Å²) in [5.74, 6) is 1.43. The third-order valence-electron chi connectivity index (χ3n) is 4.81. The highest BCUT2D eigenvalue weighted by Gasteiger charge is 2.33. The van der Waals surface area contributed by atoms with Crippen LogP contribution in [0.5, 0.6) is 0 Å². The van der Waals surface area contributed by atoms with Crippen molar-refractivity contribution >= 4 is 11.7 Å². The molecule has 0 spiro atoms. The lowest BCUT2D eigenvalue weighted by atomic mass is 10.2. The van der Waals surface area contributed by atoms with E-state index < -0.39 is 0 Å². The number of likely N-dealkylation sites (tertiary alicyclic amines) is 1. The van der Waals surface area contributed by atoms with Crippen LogP contribution in [0.3, 0.4) is 0 Å². The van der Waals surface area contributed by atoms with Gasteiger partial charge in [0.25, 0.3) is 0 Å². The summed E-state index contributed by atoms with van der Waals surface area (Å²) in [6.45, 7) is 6.51. The van der Waals surface area contributed by atoms with E-state index in [0.29, 0.717) is 12.4 Å². The zero-order chi connectivity index (χ0) is 19.0. The van der Waals surface area contributed by atoms with Gasteiger partial charge in [0.15, 0.2) is 5.82 Å². The van der Waals surface area contributed by atoms with Gasteiger partial charge >= 0.3 is 6.03 Å². The van der Waals surface area contributed by atoms with Crippen LogP contribution in [-0.4, -0.2) is 42.4 Å². The maximum absolute atomic E-state index is 13.0. The van der Waals surface area contributed by atoms with Gasteiger partial charge in [0.1, 0.15) is 5.82 Å². The van der Waals surface area contributed by atoms with Crippen LogP contribution in [0.4, 0.5) is 10.5 Å². The average molecular weight is 365 g/mol. The quantitative estimate of drug-likeness (QED) is 0.745. The molecule has 1 aliphatic heterocycles. The number of aryl methyl sites for hydroxylation is 3. The SMILES string of the molecule is Cc1cc(C)n(-c2ccccc2NC(=O)N2CCCC2c2n[nH]c(C)n2)n1. The van der Waals surface area contributed by atoms with Gasteiger partial charge in [0.05, 0.1) is 23.1 Å². The van der Waals surface area contributed by atoms with Crippen LogP contribution in [-0.2, 0) is 0 Å². The number of rotatable bonds is 3. The number of amides is 2. The van der Waals surface area contributed by atoms with Gasteiger partial charge in [0, 0.05) is 12.2 Å². The van der Waals surface area contributed by atoms with Gasteiger partial charge in [-0.2, -0.15) is 10.2 Å². The second-order valence-electron chi connectivity index (χ2n) is 6.92. The molecule has 0 saturated carbocycles. The predicted octanol–water partition coefficient (Wildman–Crippen LogP) is 3.28. The minimum absolute atomic E-state index is 0.101. The van der Waals surface area contributed by atoms with Gasteiger partial charge in [-0.3, -0.25) is 5.10 Å². The first-order chi connectivity index (χ1) is 13.0. The molecule has 2 N–H and O–H groups in total. The Morgan fingerprint density at radius 3 is 2.78 bits per heavy atom. The summed E-state index contributed by atoms with van der Waals surface area (Å²) < 4.78 is 1.85. The minimum Gasteiger partial charge on any atom is -0.314 e. The first-order valence-corrected chi connectivity index (χ1v) is 9.12. The molecule has 3 heterocycles. The molecule has 1 unspecified atom stereocenters. The van der Waals surface area contributed by atoms with Crippen molar-refractivity contribution < 1.29 is 4.79 Å². The molecule has 0 bridgehead atoms. The van der Waals surface area contributed by atoms with Crippen LogP contribution in [0.15, 0.2) is 30.3 Å². The minimum atomic E-state index is -0.145. The molecule has 4 rings (SSSR count). The van der Waals surface area contributed by atoms with Crippen LogP contribution in [0.1, 0.15) is 41.9 Å². The molecule has 8 heteroatoms. The molecule has 1 aromatic carbocycles. The number of aromatic amines is 1. The standard InChI is InChI=1S/C19H23N7O/c1-12-11-13(2)26(24-12)16-8-5-4-7-15(16)21-19(27)25-10-6-9-17(25)18-20-14(3)22-23-18/h4-5,7-8,11,17H,6,9-10H2,1-3H3,(H,21,27)(H,20,22,23). The fourth-order valence-electron chi connectivity index (χ4n) is 3.61. The van der Waals surface area contributed by atoms with Gasteiger partial charge in [-0.05, 0) is 51.8 Å². The first kappa shape index (κ1) is 17.3. The Morgan fingerprint density at radius 2 is 2.07 bits per heavy atom. The van der Waals surface area contributed by atoms with Gasteiger partial charge in [-0.1, -0.05) is 12.1 Å². The fourth-order valence-corrected chi connectivity index (χ4v) is 3.61. The highest BCUT2D eigenvalue weighted by atomic mass is 16.2. The number of benzene rings is 1. The second-order valence-corrected chi connectivity index (χ2v) is 6.92. The number of carbonyl (C=O) groups excluding carboxylic acids is 1. The van der Waals surface area contributed by atoms with Crippen LogP contribution in [0.25, 0.3) is 5.69 Å². The Bertz CT molecular complexity index is 974. The van der Waals surface area contributed by atoms with Crippen molar-refractivity contribution in [3.05, 3.63) is 53.4 Å². The molecular formula is C19H23N7O.